The number of aromatic nitrogens is 1. The fourth-order valence-electron chi connectivity index (χ4n) is 12.1. The quantitative estimate of drug-likeness (QED) is 0.0913. The van der Waals surface area contributed by atoms with Gasteiger partial charge in [-0.25, -0.2) is 4.79 Å². The average Bonchev–Trinajstić information content (AvgIpc) is 4.26. The Balaban J connectivity index is 1.10. The van der Waals surface area contributed by atoms with Gasteiger partial charge in [0.25, 0.3) is 0 Å². The van der Waals surface area contributed by atoms with Gasteiger partial charge in [-0.3, -0.25) is 14.4 Å². The Labute approximate surface area is 471 Å². The van der Waals surface area contributed by atoms with Crippen LogP contribution in [0.1, 0.15) is 131 Å². The molecule has 3 aliphatic heterocycles. The number of hydrogen-bond acceptors (Lipinski definition) is 20. The van der Waals surface area contributed by atoms with Gasteiger partial charge in [-0.05, 0) is 126 Å². The fraction of sp³-hybridized carbons (Fsp3) is 0.793. The van der Waals surface area contributed by atoms with E-state index in [1.807, 2.05) is 49.4 Å². The number of esters is 2. The van der Waals surface area contributed by atoms with Crippen LogP contribution in [-0.2, 0) is 52.2 Å². The molecule has 1 aromatic heterocycles. The second-order valence-electron chi connectivity index (χ2n) is 23.9. The summed E-state index contributed by atoms with van der Waals surface area (Å²) in [6.07, 6.45) is -6.05. The first-order valence-electron chi connectivity index (χ1n) is 28.5. The van der Waals surface area contributed by atoms with Crippen molar-refractivity contribution in [3.8, 4) is 5.75 Å². The van der Waals surface area contributed by atoms with Gasteiger partial charge in [0, 0.05) is 50.3 Å². The van der Waals surface area contributed by atoms with Gasteiger partial charge >= 0.3 is 17.9 Å². The number of carboxylic acids is 1. The number of aromatic carboxylic acids is 1. The first-order chi connectivity index (χ1) is 37.5. The van der Waals surface area contributed by atoms with E-state index in [-0.39, 0.29) is 93.8 Å². The molecule has 5 N–H and O–H groups in total. The number of cyclic esters (lactones) is 1. The molecule has 80 heavy (non-hydrogen) atoms. The predicted molar refractivity (Wildman–Crippen MR) is 293 cm³/mol. The summed E-state index contributed by atoms with van der Waals surface area (Å²) in [5, 5.41) is 58.0. The lowest BCUT2D eigenvalue weighted by atomic mass is 9.77. The number of aliphatic hydroxyl groups excluding tert-OH is 2. The highest BCUT2D eigenvalue weighted by molar-refractivity contribution is 5.93. The summed E-state index contributed by atoms with van der Waals surface area (Å²) < 4.78 is 63.7. The molecule has 1 saturated carbocycles. The van der Waals surface area contributed by atoms with Crippen molar-refractivity contribution >= 4 is 28.8 Å². The van der Waals surface area contributed by atoms with Crippen molar-refractivity contribution in [2.24, 2.45) is 17.8 Å². The highest BCUT2D eigenvalue weighted by Crippen LogP contribution is 2.42. The molecule has 4 aliphatic rings. The molecule has 0 radical (unpaired) electrons. The van der Waals surface area contributed by atoms with Crippen LogP contribution in [0, 0.1) is 17.8 Å². The highest BCUT2D eigenvalue weighted by atomic mass is 16.7. The first kappa shape index (κ1) is 65.3. The minimum absolute atomic E-state index is 0.0229. The van der Waals surface area contributed by atoms with Crippen molar-refractivity contribution in [3.05, 3.63) is 40.2 Å². The highest BCUT2D eigenvalue weighted by Gasteiger charge is 2.54. The number of carbonyl (C=O) groups excluding carboxylic acids is 2. The largest absolute Gasteiger partial charge is 0.491 e. The Kier molecular flexibility index (Phi) is 22.6. The van der Waals surface area contributed by atoms with Gasteiger partial charge in [-0.15, -0.1) is 0 Å². The molecule has 1 aromatic carbocycles. The van der Waals surface area contributed by atoms with Gasteiger partial charge in [0.2, 0.25) is 5.43 Å². The van der Waals surface area contributed by atoms with Crippen LogP contribution in [0.3, 0.4) is 0 Å². The number of pyridine rings is 1. The van der Waals surface area contributed by atoms with Gasteiger partial charge in [0.1, 0.15) is 47.4 Å². The van der Waals surface area contributed by atoms with Crippen molar-refractivity contribution in [2.45, 2.75) is 211 Å². The number of ether oxygens (including phenoxy) is 10. The van der Waals surface area contributed by atoms with E-state index in [4.69, 9.17) is 47.4 Å². The van der Waals surface area contributed by atoms with Crippen molar-refractivity contribution in [1.82, 2.24) is 14.4 Å². The Morgan fingerprint density at radius 2 is 1.55 bits per heavy atom. The molecule has 4 fully saturated rings. The maximum atomic E-state index is 14.6. The van der Waals surface area contributed by atoms with E-state index < -0.39 is 113 Å². The predicted octanol–water partition coefficient (Wildman–Crippen LogP) is 4.30. The summed E-state index contributed by atoms with van der Waals surface area (Å²) in [4.78, 5) is 56.5. The zero-order valence-electron chi connectivity index (χ0n) is 49.5. The Hall–Kier alpha value is -3.88. The number of likely N-dealkylation sites (N-methyl/N-ethyl adjacent to an activating group) is 2. The summed E-state index contributed by atoms with van der Waals surface area (Å²) >= 11 is 0. The molecule has 22 nitrogen and oxygen atoms in total. The van der Waals surface area contributed by atoms with Crippen LogP contribution in [0.2, 0.25) is 0 Å². The maximum absolute atomic E-state index is 14.6. The number of rotatable bonds is 20. The van der Waals surface area contributed by atoms with E-state index in [0.29, 0.717) is 24.2 Å². The summed E-state index contributed by atoms with van der Waals surface area (Å²) in [7, 11) is 7.05. The first-order valence-corrected chi connectivity index (χ1v) is 28.5. The van der Waals surface area contributed by atoms with Gasteiger partial charge in [0.05, 0.1) is 79.7 Å². The number of nitrogens with zero attached hydrogens (tertiary/aromatic N) is 3. The number of carboxylic acid groups (broad SMARTS) is 1. The summed E-state index contributed by atoms with van der Waals surface area (Å²) in [5.41, 5.74) is -4.88. The third-order valence-corrected chi connectivity index (χ3v) is 16.9. The van der Waals surface area contributed by atoms with E-state index in [2.05, 4.69) is 0 Å². The lowest BCUT2D eigenvalue weighted by Crippen LogP contribution is -2.61. The zero-order chi connectivity index (χ0) is 59.2. The summed E-state index contributed by atoms with van der Waals surface area (Å²) in [5.74, 6) is -4.34. The molecule has 6 rings (SSSR count). The molecule has 0 spiro atoms. The number of aliphatic hydroxyl groups is 4. The van der Waals surface area contributed by atoms with Crippen LogP contribution in [0.4, 0.5) is 0 Å². The second kappa shape index (κ2) is 27.7. The van der Waals surface area contributed by atoms with E-state index in [1.165, 1.54) is 20.2 Å². The van der Waals surface area contributed by atoms with Gasteiger partial charge < -0.3 is 87.3 Å². The Morgan fingerprint density at radius 3 is 2.17 bits per heavy atom. The fourth-order valence-corrected chi connectivity index (χ4v) is 12.1. The normalized spacial score (nSPS) is 37.2. The third-order valence-electron chi connectivity index (χ3n) is 16.9. The van der Waals surface area contributed by atoms with E-state index in [0.717, 1.165) is 12.8 Å². The van der Waals surface area contributed by atoms with Crippen molar-refractivity contribution < 1.29 is 87.3 Å². The number of methoxy groups -OCH3 is 1. The van der Waals surface area contributed by atoms with Crippen LogP contribution in [0.25, 0.3) is 10.9 Å². The zero-order valence-corrected chi connectivity index (χ0v) is 49.5. The molecule has 18 atom stereocenters. The van der Waals surface area contributed by atoms with Crippen LogP contribution in [-0.4, -0.2) is 216 Å². The lowest BCUT2D eigenvalue weighted by Gasteiger charge is -2.49. The Morgan fingerprint density at radius 1 is 0.887 bits per heavy atom. The van der Waals surface area contributed by atoms with Crippen molar-refractivity contribution in [3.63, 3.8) is 0 Å². The summed E-state index contributed by atoms with van der Waals surface area (Å²) in [6.45, 7) is 18.6. The molecular formula is C58H93N3O19. The van der Waals surface area contributed by atoms with Crippen LogP contribution < -0.4 is 10.2 Å². The van der Waals surface area contributed by atoms with Gasteiger partial charge in [-0.1, -0.05) is 20.8 Å². The third kappa shape index (κ3) is 15.7. The van der Waals surface area contributed by atoms with Crippen LogP contribution in [0.5, 0.6) is 5.75 Å². The monoisotopic (exact) mass is 1140 g/mol. The van der Waals surface area contributed by atoms with Crippen molar-refractivity contribution in [1.29, 1.82) is 0 Å². The molecule has 3 saturated heterocycles. The van der Waals surface area contributed by atoms with Gasteiger partial charge in [-0.2, -0.15) is 0 Å². The molecule has 4 heterocycles. The Bertz CT molecular complexity index is 2430. The van der Waals surface area contributed by atoms with E-state index >= 15 is 0 Å². The molecule has 1 unspecified atom stereocenters. The molecular weight excluding hydrogens is 1040 g/mol. The standard InChI is InChI=1S/C58H93N3O19/c1-15-44-58(10,70)50(65)36(6)60(13)30-32(2)28-56(8,69)51(80-55-48(64)43(59(11)12)26-33(3)75-55)34(4)49(35(5)54(68)77-44)79-46-29-57(9,71-14)52(37(7)76-46)78-45(62)20-21-72-22-23-73-24-25-74-39-18-19-42-40(27-39)47(63)41(53(66)67)31-61(42)38-16-17-38/h18-19,27,31-38,43-44,46,48-52,55,64-65,69-70H,15-17,20-26,28-30H2,1-14H3,(H,66,67)/t32-,33-,34+,35-,36-,37+,43+,44-,46+,48?,49+,50-,51-,52+,55+,56-,57-,58-/m1/s1. The van der Waals surface area contributed by atoms with Gasteiger partial charge in [0.15, 0.2) is 18.7 Å². The SMILES string of the molecule is CC[C@H]1OC(=O)[C@H](C)[C@@H](O[C@H]2C[C@@](C)(OC)[C@@H](OC(=O)CCOCCOCCOc3ccc4c(c3)c(=O)c(C(=O)O)cn4C3CC3)[C@H](C)O2)[C@H](C)[C@@H](O[C@@H]2O[C@H](C)C[C@H](N(C)C)C2O)[C@](C)(O)C[C@@H](C)CN(C)[C@H](C)[C@@H](O)[C@]1(C)O. The number of benzene rings is 1. The maximum Gasteiger partial charge on any atom is 0.341 e. The minimum Gasteiger partial charge on any atom is -0.491 e. The smallest absolute Gasteiger partial charge is 0.341 e. The minimum atomic E-state index is -1.87. The molecule has 454 valence electrons. The lowest BCUT2D eigenvalue weighted by molar-refractivity contribution is -0.318. The topological polar surface area (TPSA) is 273 Å². The number of hydrogen-bond donors (Lipinski definition) is 5. The molecule has 2 aromatic rings. The molecule has 22 heteroatoms. The summed E-state index contributed by atoms with van der Waals surface area (Å²) in [6, 6.07) is 4.30. The van der Waals surface area contributed by atoms with E-state index in [1.54, 1.807) is 66.7 Å². The van der Waals surface area contributed by atoms with Crippen molar-refractivity contribution in [2.75, 3.05) is 67.8 Å². The van der Waals surface area contributed by atoms with E-state index in [9.17, 15) is 44.7 Å². The van der Waals surface area contributed by atoms with Crippen LogP contribution in [0.15, 0.2) is 29.2 Å². The average molecular weight is 1140 g/mol. The number of fused-ring (bicyclic) bond motifs is 1. The van der Waals surface area contributed by atoms with Crippen LogP contribution >= 0.6 is 0 Å². The number of carbonyl (C=O) groups is 3. The second-order valence-corrected chi connectivity index (χ2v) is 23.9. The molecule has 1 aliphatic carbocycles. The molecule has 0 bridgehead atoms. The molecule has 0 amide bonds.